The molecule has 10 heteroatoms. The van der Waals surface area contributed by atoms with Crippen LogP contribution in [-0.2, 0) is 35.2 Å². The number of aliphatic hydroxyl groups excluding tert-OH is 1. The van der Waals surface area contributed by atoms with Crippen molar-refractivity contribution in [1.82, 2.24) is 4.90 Å². The minimum atomic E-state index is -2.35. The first kappa shape index (κ1) is 25.0. The molecule has 0 fully saturated rings. The van der Waals surface area contributed by atoms with Crippen LogP contribution in [0.1, 0.15) is 19.4 Å². The lowest BCUT2D eigenvalue weighted by atomic mass is 9.82. The minimum absolute atomic E-state index is 0.0310. The van der Waals surface area contributed by atoms with Crippen LogP contribution in [0.4, 0.5) is 5.69 Å². The van der Waals surface area contributed by atoms with Crippen molar-refractivity contribution in [3.63, 3.8) is 0 Å². The van der Waals surface area contributed by atoms with Gasteiger partial charge < -0.3 is 19.5 Å². The number of nitrogens with zero attached hydrogens (tertiary/aromatic N) is 2. The number of carbonyl (C=O) groups is 4. The summed E-state index contributed by atoms with van der Waals surface area (Å²) in [6, 6.07) is 14.8. The average Bonchev–Trinajstić information content (AvgIpc) is 3.22. The fourth-order valence-corrected chi connectivity index (χ4v) is 4.77. The van der Waals surface area contributed by atoms with E-state index in [4.69, 9.17) is 21.1 Å². The molecular weight excluding hydrogens is 488 g/mol. The summed E-state index contributed by atoms with van der Waals surface area (Å²) in [5.41, 5.74) is -2.25. The number of anilines is 1. The molecule has 2 aliphatic rings. The summed E-state index contributed by atoms with van der Waals surface area (Å²) in [6.07, 6.45) is 0. The molecule has 2 aromatic rings. The molecule has 0 saturated carbocycles. The summed E-state index contributed by atoms with van der Waals surface area (Å²) >= 11 is 6.03. The Hall–Kier alpha value is -4.11. The van der Waals surface area contributed by atoms with E-state index in [1.807, 2.05) is 6.07 Å². The SMILES string of the molecule is CCOC(=O)C1=C(C)N(Cc2ccccc2)C(=O)C12C(C(=O)OC)=C(O)C(=O)N2c1ccc(Cl)cc1. The molecule has 2 heterocycles. The Morgan fingerprint density at radius 2 is 1.64 bits per heavy atom. The molecule has 2 aromatic carbocycles. The van der Waals surface area contributed by atoms with Crippen molar-refractivity contribution in [3.8, 4) is 0 Å². The first-order chi connectivity index (χ1) is 17.2. The summed E-state index contributed by atoms with van der Waals surface area (Å²) in [4.78, 5) is 56.4. The van der Waals surface area contributed by atoms with Crippen LogP contribution in [0.25, 0.3) is 0 Å². The third kappa shape index (κ3) is 3.63. The van der Waals surface area contributed by atoms with E-state index >= 15 is 0 Å². The number of carbonyl (C=O) groups excluding carboxylic acids is 4. The molecule has 36 heavy (non-hydrogen) atoms. The first-order valence-corrected chi connectivity index (χ1v) is 11.4. The summed E-state index contributed by atoms with van der Waals surface area (Å²) in [6.45, 7) is 3.12. The van der Waals surface area contributed by atoms with Crippen molar-refractivity contribution in [2.45, 2.75) is 25.9 Å². The van der Waals surface area contributed by atoms with Crippen LogP contribution in [0.3, 0.4) is 0 Å². The number of hydrogen-bond donors (Lipinski definition) is 1. The zero-order chi connectivity index (χ0) is 26.2. The molecule has 2 amide bonds. The number of esters is 2. The second-order valence-corrected chi connectivity index (χ2v) is 8.54. The molecule has 1 atom stereocenters. The maximum atomic E-state index is 14.3. The van der Waals surface area contributed by atoms with Crippen LogP contribution in [0.2, 0.25) is 5.02 Å². The number of ether oxygens (including phenoxy) is 2. The molecule has 1 spiro atoms. The zero-order valence-corrected chi connectivity index (χ0v) is 20.5. The third-order valence-electron chi connectivity index (χ3n) is 6.16. The lowest BCUT2D eigenvalue weighted by molar-refractivity contribution is -0.142. The number of amides is 2. The second kappa shape index (κ2) is 9.50. The quantitative estimate of drug-likeness (QED) is 0.593. The Kier molecular flexibility index (Phi) is 6.60. The molecule has 4 rings (SSSR count). The van der Waals surface area contributed by atoms with E-state index in [9.17, 15) is 24.3 Å². The number of rotatable bonds is 6. The van der Waals surface area contributed by atoms with Gasteiger partial charge in [-0.1, -0.05) is 41.9 Å². The molecule has 0 aliphatic carbocycles. The Labute approximate surface area is 212 Å². The Balaban J connectivity index is 2.03. The van der Waals surface area contributed by atoms with Gasteiger partial charge in [-0.3, -0.25) is 14.5 Å². The van der Waals surface area contributed by atoms with Crippen molar-refractivity contribution in [2.75, 3.05) is 18.6 Å². The Bertz CT molecular complexity index is 1320. The van der Waals surface area contributed by atoms with Crippen molar-refractivity contribution in [1.29, 1.82) is 0 Å². The molecule has 0 saturated heterocycles. The van der Waals surface area contributed by atoms with E-state index in [1.54, 1.807) is 31.2 Å². The summed E-state index contributed by atoms with van der Waals surface area (Å²) < 4.78 is 10.1. The molecule has 1 N–H and O–H groups in total. The van der Waals surface area contributed by atoms with Crippen molar-refractivity contribution >= 4 is 41.0 Å². The van der Waals surface area contributed by atoms with Crippen LogP contribution in [0.5, 0.6) is 0 Å². The van der Waals surface area contributed by atoms with E-state index in [-0.39, 0.29) is 30.1 Å². The van der Waals surface area contributed by atoms with Gasteiger partial charge in [-0.05, 0) is 43.7 Å². The van der Waals surface area contributed by atoms with Gasteiger partial charge >= 0.3 is 11.9 Å². The normalized spacial score (nSPS) is 19.6. The van der Waals surface area contributed by atoms with Crippen LogP contribution in [0, 0.1) is 0 Å². The van der Waals surface area contributed by atoms with E-state index in [0.29, 0.717) is 5.02 Å². The lowest BCUT2D eigenvalue weighted by Gasteiger charge is -2.36. The van der Waals surface area contributed by atoms with Crippen molar-refractivity contribution < 1.29 is 33.8 Å². The molecule has 0 radical (unpaired) electrons. The van der Waals surface area contributed by atoms with Crippen molar-refractivity contribution in [3.05, 3.63) is 87.8 Å². The van der Waals surface area contributed by atoms with Gasteiger partial charge in [0.2, 0.25) is 0 Å². The highest BCUT2D eigenvalue weighted by atomic mass is 35.5. The highest BCUT2D eigenvalue weighted by molar-refractivity contribution is 6.31. The number of aliphatic hydroxyl groups is 1. The largest absolute Gasteiger partial charge is 0.503 e. The number of hydrogen-bond acceptors (Lipinski definition) is 7. The summed E-state index contributed by atoms with van der Waals surface area (Å²) in [5.74, 6) is -4.90. The number of methoxy groups -OCH3 is 1. The van der Waals surface area contributed by atoms with Gasteiger partial charge in [-0.2, -0.15) is 0 Å². The Morgan fingerprint density at radius 3 is 2.22 bits per heavy atom. The van der Waals surface area contributed by atoms with Crippen LogP contribution in [0.15, 0.2) is 77.2 Å². The van der Waals surface area contributed by atoms with Gasteiger partial charge in [-0.25, -0.2) is 9.59 Å². The first-order valence-electron chi connectivity index (χ1n) is 11.1. The van der Waals surface area contributed by atoms with Crippen LogP contribution < -0.4 is 4.90 Å². The smallest absolute Gasteiger partial charge is 0.341 e. The predicted molar refractivity (Wildman–Crippen MR) is 130 cm³/mol. The molecule has 2 aliphatic heterocycles. The molecular formula is C26H23ClN2O7. The van der Waals surface area contributed by atoms with Crippen molar-refractivity contribution in [2.24, 2.45) is 0 Å². The minimum Gasteiger partial charge on any atom is -0.503 e. The van der Waals surface area contributed by atoms with Crippen LogP contribution in [-0.4, -0.2) is 53.0 Å². The molecule has 9 nitrogen and oxygen atoms in total. The van der Waals surface area contributed by atoms with E-state index in [2.05, 4.69) is 0 Å². The van der Waals surface area contributed by atoms with Gasteiger partial charge in [0.15, 0.2) is 11.3 Å². The average molecular weight is 511 g/mol. The fourth-order valence-electron chi connectivity index (χ4n) is 4.64. The third-order valence-corrected chi connectivity index (χ3v) is 6.41. The summed E-state index contributed by atoms with van der Waals surface area (Å²) in [7, 11) is 1.05. The molecule has 1 unspecified atom stereocenters. The fraction of sp³-hybridized carbons (Fsp3) is 0.231. The van der Waals surface area contributed by atoms with Crippen LogP contribution >= 0.6 is 11.6 Å². The monoisotopic (exact) mass is 510 g/mol. The van der Waals surface area contributed by atoms with Gasteiger partial charge in [0.25, 0.3) is 11.8 Å². The van der Waals surface area contributed by atoms with Gasteiger partial charge in [-0.15, -0.1) is 0 Å². The topological polar surface area (TPSA) is 113 Å². The number of benzene rings is 2. The van der Waals surface area contributed by atoms with E-state index in [1.165, 1.54) is 36.1 Å². The molecule has 0 bridgehead atoms. The Morgan fingerprint density at radius 1 is 1.00 bits per heavy atom. The molecule has 0 aromatic heterocycles. The summed E-state index contributed by atoms with van der Waals surface area (Å²) in [5, 5.41) is 11.2. The standard InChI is InChI=1S/C26H23ClN2O7/c1-4-36-24(33)19-15(2)28(14-16-8-6-5-7-9-16)25(34)26(19)20(23(32)35-3)21(30)22(31)29(26)18-12-10-17(27)11-13-18/h5-13,30H,4,14H2,1-3H3. The predicted octanol–water partition coefficient (Wildman–Crippen LogP) is 3.29. The second-order valence-electron chi connectivity index (χ2n) is 8.10. The highest BCUT2D eigenvalue weighted by Gasteiger charge is 2.69. The van der Waals surface area contributed by atoms with Gasteiger partial charge in [0.05, 0.1) is 25.8 Å². The lowest BCUT2D eigenvalue weighted by Crippen LogP contribution is -2.59. The van der Waals surface area contributed by atoms with E-state index in [0.717, 1.165) is 17.6 Å². The maximum Gasteiger partial charge on any atom is 0.341 e. The van der Waals surface area contributed by atoms with Gasteiger partial charge in [0.1, 0.15) is 5.57 Å². The maximum absolute atomic E-state index is 14.3. The number of allylic oxidation sites excluding steroid dienone is 1. The van der Waals surface area contributed by atoms with Gasteiger partial charge in [0, 0.05) is 16.4 Å². The zero-order valence-electron chi connectivity index (χ0n) is 19.8. The molecule has 186 valence electrons. The van der Waals surface area contributed by atoms with E-state index < -0.39 is 40.6 Å². The number of halogens is 1. The highest BCUT2D eigenvalue weighted by Crippen LogP contribution is 2.51.